The molecule has 0 saturated carbocycles. The third kappa shape index (κ3) is 4.21. The van der Waals surface area contributed by atoms with Crippen molar-refractivity contribution in [3.63, 3.8) is 0 Å². The number of carbonyl (C=O) groups is 1. The van der Waals surface area contributed by atoms with Gasteiger partial charge in [0.05, 0.1) is 12.7 Å². The monoisotopic (exact) mass is 327 g/mol. The first-order valence-electron chi connectivity index (χ1n) is 6.39. The zero-order chi connectivity index (χ0) is 13.7. The summed E-state index contributed by atoms with van der Waals surface area (Å²) in [7, 11) is 1.39. The van der Waals surface area contributed by atoms with Crippen molar-refractivity contribution in [2.75, 3.05) is 32.2 Å². The molecule has 19 heavy (non-hydrogen) atoms. The van der Waals surface area contributed by atoms with E-state index in [0.29, 0.717) is 11.5 Å². The van der Waals surface area contributed by atoms with Gasteiger partial charge in [-0.3, -0.25) is 0 Å². The Labute approximate surface area is 121 Å². The summed E-state index contributed by atoms with van der Waals surface area (Å²) in [6, 6.07) is 5.53. The van der Waals surface area contributed by atoms with Gasteiger partial charge in [-0.1, -0.05) is 15.9 Å². The van der Waals surface area contributed by atoms with Crippen LogP contribution in [0.4, 0.5) is 5.69 Å². The van der Waals surface area contributed by atoms with Gasteiger partial charge in [0.1, 0.15) is 0 Å². The molecule has 1 N–H and O–H groups in total. The summed E-state index contributed by atoms with van der Waals surface area (Å²) in [6.07, 6.45) is 2.18. The number of carbonyl (C=O) groups excluding carboxylic acids is 1. The maximum atomic E-state index is 11.5. The van der Waals surface area contributed by atoms with E-state index in [0.717, 1.165) is 42.8 Å². The molecule has 1 aliphatic rings. The Balaban J connectivity index is 1.99. The van der Waals surface area contributed by atoms with Crippen LogP contribution in [0.1, 0.15) is 23.2 Å². The van der Waals surface area contributed by atoms with Gasteiger partial charge in [-0.2, -0.15) is 0 Å². The molecule has 1 aromatic carbocycles. The molecule has 4 nitrogen and oxygen atoms in total. The highest BCUT2D eigenvalue weighted by molar-refractivity contribution is 9.10. The van der Waals surface area contributed by atoms with E-state index in [1.165, 1.54) is 7.11 Å². The van der Waals surface area contributed by atoms with Crippen LogP contribution in [-0.2, 0) is 9.47 Å². The predicted molar refractivity (Wildman–Crippen MR) is 77.5 cm³/mol. The molecule has 104 valence electrons. The number of hydrogen-bond acceptors (Lipinski definition) is 4. The molecule has 1 aromatic rings. The molecule has 1 heterocycles. The Morgan fingerprint density at radius 2 is 2.16 bits per heavy atom. The number of benzene rings is 1. The number of nitrogens with one attached hydrogen (secondary N) is 1. The van der Waals surface area contributed by atoms with Crippen molar-refractivity contribution in [2.24, 2.45) is 5.92 Å². The van der Waals surface area contributed by atoms with E-state index in [2.05, 4.69) is 21.2 Å². The standard InChI is InChI=1S/C14H18BrNO3/c1-18-14(17)11-6-12(15)8-13(7-11)16-9-10-2-4-19-5-3-10/h6-8,10,16H,2-5,9H2,1H3. The van der Waals surface area contributed by atoms with Crippen molar-refractivity contribution in [2.45, 2.75) is 12.8 Å². The van der Waals surface area contributed by atoms with E-state index >= 15 is 0 Å². The van der Waals surface area contributed by atoms with Gasteiger partial charge in [0.25, 0.3) is 0 Å². The topological polar surface area (TPSA) is 47.6 Å². The molecule has 1 fully saturated rings. The lowest BCUT2D eigenvalue weighted by molar-refractivity contribution is 0.0600. The van der Waals surface area contributed by atoms with E-state index in [1.807, 2.05) is 12.1 Å². The summed E-state index contributed by atoms with van der Waals surface area (Å²) in [6.45, 7) is 2.59. The molecule has 1 saturated heterocycles. The molecule has 0 atom stereocenters. The van der Waals surface area contributed by atoms with Gasteiger partial charge in [-0.05, 0) is 37.0 Å². The molecule has 0 bridgehead atoms. The Morgan fingerprint density at radius 1 is 1.42 bits per heavy atom. The molecule has 0 aliphatic carbocycles. The lowest BCUT2D eigenvalue weighted by atomic mass is 10.0. The zero-order valence-corrected chi connectivity index (χ0v) is 12.5. The third-order valence-electron chi connectivity index (χ3n) is 3.25. The minimum absolute atomic E-state index is 0.324. The number of methoxy groups -OCH3 is 1. The Bertz CT molecular complexity index is 444. The molecule has 0 amide bonds. The summed E-state index contributed by atoms with van der Waals surface area (Å²) in [4.78, 5) is 11.5. The number of halogens is 1. The summed E-state index contributed by atoms with van der Waals surface area (Å²) >= 11 is 3.41. The van der Waals surface area contributed by atoms with Crippen molar-refractivity contribution in [3.8, 4) is 0 Å². The van der Waals surface area contributed by atoms with E-state index in [9.17, 15) is 4.79 Å². The second-order valence-corrected chi connectivity index (χ2v) is 5.57. The average molecular weight is 328 g/mol. The first kappa shape index (κ1) is 14.3. The van der Waals surface area contributed by atoms with E-state index in [-0.39, 0.29) is 5.97 Å². The van der Waals surface area contributed by atoms with Crippen molar-refractivity contribution in [1.82, 2.24) is 0 Å². The van der Waals surface area contributed by atoms with Gasteiger partial charge >= 0.3 is 5.97 Å². The van der Waals surface area contributed by atoms with Crippen LogP contribution in [0.25, 0.3) is 0 Å². The fraction of sp³-hybridized carbons (Fsp3) is 0.500. The van der Waals surface area contributed by atoms with Crippen LogP contribution in [0, 0.1) is 5.92 Å². The minimum Gasteiger partial charge on any atom is -0.465 e. The van der Waals surface area contributed by atoms with Crippen LogP contribution in [-0.4, -0.2) is 32.8 Å². The second-order valence-electron chi connectivity index (χ2n) is 4.66. The SMILES string of the molecule is COC(=O)c1cc(Br)cc(NCC2CCOCC2)c1. The molecular formula is C14H18BrNO3. The molecule has 2 rings (SSSR count). The maximum absolute atomic E-state index is 11.5. The third-order valence-corrected chi connectivity index (χ3v) is 3.71. The largest absolute Gasteiger partial charge is 0.465 e. The van der Waals surface area contributed by atoms with Gasteiger partial charge in [0.2, 0.25) is 0 Å². The van der Waals surface area contributed by atoms with Gasteiger partial charge in [0, 0.05) is 29.9 Å². The van der Waals surface area contributed by atoms with Crippen LogP contribution in [0.15, 0.2) is 22.7 Å². The smallest absolute Gasteiger partial charge is 0.337 e. The van der Waals surface area contributed by atoms with Crippen LogP contribution < -0.4 is 5.32 Å². The Morgan fingerprint density at radius 3 is 2.84 bits per heavy atom. The molecular weight excluding hydrogens is 310 g/mol. The lowest BCUT2D eigenvalue weighted by Gasteiger charge is -2.22. The highest BCUT2D eigenvalue weighted by Gasteiger charge is 2.14. The number of hydrogen-bond donors (Lipinski definition) is 1. The summed E-state index contributed by atoms with van der Waals surface area (Å²) in [5.74, 6) is 0.310. The molecule has 0 spiro atoms. The second kappa shape index (κ2) is 6.91. The zero-order valence-electron chi connectivity index (χ0n) is 10.9. The quantitative estimate of drug-likeness (QED) is 0.863. The average Bonchev–Trinajstić information content (AvgIpc) is 2.45. The summed E-state index contributed by atoms with van der Waals surface area (Å²) in [5.41, 5.74) is 1.48. The van der Waals surface area contributed by atoms with Crippen molar-refractivity contribution in [1.29, 1.82) is 0 Å². The van der Waals surface area contributed by atoms with Crippen LogP contribution in [0.2, 0.25) is 0 Å². The first-order chi connectivity index (χ1) is 9.19. The summed E-state index contributed by atoms with van der Waals surface area (Å²) < 4.78 is 10.9. The fourth-order valence-electron chi connectivity index (χ4n) is 2.14. The molecule has 1 aliphatic heterocycles. The number of rotatable bonds is 4. The van der Waals surface area contributed by atoms with Crippen LogP contribution >= 0.6 is 15.9 Å². The normalized spacial score (nSPS) is 16.1. The van der Waals surface area contributed by atoms with Crippen molar-refractivity contribution < 1.29 is 14.3 Å². The maximum Gasteiger partial charge on any atom is 0.337 e. The number of ether oxygens (including phenoxy) is 2. The Kier molecular flexibility index (Phi) is 5.22. The summed E-state index contributed by atoms with van der Waals surface area (Å²) in [5, 5.41) is 3.38. The van der Waals surface area contributed by atoms with Crippen molar-refractivity contribution >= 4 is 27.6 Å². The van der Waals surface area contributed by atoms with Gasteiger partial charge in [0.15, 0.2) is 0 Å². The molecule has 5 heteroatoms. The first-order valence-corrected chi connectivity index (χ1v) is 7.19. The Hall–Kier alpha value is -1.07. The fourth-order valence-corrected chi connectivity index (χ4v) is 2.63. The predicted octanol–water partition coefficient (Wildman–Crippen LogP) is 3.07. The van der Waals surface area contributed by atoms with E-state index in [4.69, 9.17) is 9.47 Å². The molecule has 0 radical (unpaired) electrons. The van der Waals surface area contributed by atoms with E-state index < -0.39 is 0 Å². The van der Waals surface area contributed by atoms with Gasteiger partial charge in [-0.15, -0.1) is 0 Å². The molecule has 0 unspecified atom stereocenters. The van der Waals surface area contributed by atoms with Crippen LogP contribution in [0.5, 0.6) is 0 Å². The number of anilines is 1. The highest BCUT2D eigenvalue weighted by Crippen LogP contribution is 2.22. The van der Waals surface area contributed by atoms with Gasteiger partial charge < -0.3 is 14.8 Å². The molecule has 0 aromatic heterocycles. The highest BCUT2D eigenvalue weighted by atomic mass is 79.9. The van der Waals surface area contributed by atoms with Crippen molar-refractivity contribution in [3.05, 3.63) is 28.2 Å². The van der Waals surface area contributed by atoms with Gasteiger partial charge in [-0.25, -0.2) is 4.79 Å². The minimum atomic E-state index is -0.324. The van der Waals surface area contributed by atoms with Crippen LogP contribution in [0.3, 0.4) is 0 Å². The lowest BCUT2D eigenvalue weighted by Crippen LogP contribution is -2.22. The number of esters is 1. The van der Waals surface area contributed by atoms with E-state index in [1.54, 1.807) is 6.07 Å².